The summed E-state index contributed by atoms with van der Waals surface area (Å²) in [7, 11) is 1.49. The molecular formula is C15H17N3O3. The van der Waals surface area contributed by atoms with Gasteiger partial charge < -0.3 is 10.1 Å². The average Bonchev–Trinajstić information content (AvgIpc) is 2.49. The summed E-state index contributed by atoms with van der Waals surface area (Å²) in [5.74, 6) is -0.222. The van der Waals surface area contributed by atoms with Gasteiger partial charge in [-0.25, -0.2) is 5.10 Å². The fourth-order valence-electron chi connectivity index (χ4n) is 1.60. The van der Waals surface area contributed by atoms with E-state index in [0.717, 1.165) is 5.56 Å². The van der Waals surface area contributed by atoms with Crippen LogP contribution < -0.4 is 10.9 Å². The molecule has 2 rings (SSSR count). The predicted molar refractivity (Wildman–Crippen MR) is 80.0 cm³/mol. The lowest BCUT2D eigenvalue weighted by Crippen LogP contribution is -2.38. The number of anilines is 1. The lowest BCUT2D eigenvalue weighted by molar-refractivity contribution is -0.133. The van der Waals surface area contributed by atoms with Gasteiger partial charge in [0.25, 0.3) is 11.5 Å². The van der Waals surface area contributed by atoms with Gasteiger partial charge in [0.15, 0.2) is 0 Å². The van der Waals surface area contributed by atoms with E-state index in [0.29, 0.717) is 11.4 Å². The first-order chi connectivity index (χ1) is 9.92. The van der Waals surface area contributed by atoms with Crippen molar-refractivity contribution in [1.82, 2.24) is 10.2 Å². The third-order valence-corrected chi connectivity index (χ3v) is 3.17. The first kappa shape index (κ1) is 14.9. The van der Waals surface area contributed by atoms with E-state index in [2.05, 4.69) is 15.5 Å². The molecule has 0 radical (unpaired) electrons. The van der Waals surface area contributed by atoms with Crippen LogP contribution in [0.25, 0.3) is 11.3 Å². The molecule has 0 aliphatic heterocycles. The summed E-state index contributed by atoms with van der Waals surface area (Å²) in [4.78, 5) is 22.9. The molecule has 2 aromatic rings. The number of hydrogen-bond donors (Lipinski definition) is 2. The normalized spacial score (nSPS) is 11.2. The Kier molecular flexibility index (Phi) is 4.18. The molecule has 0 atom stereocenters. The van der Waals surface area contributed by atoms with Crippen molar-refractivity contribution in [2.24, 2.45) is 0 Å². The Morgan fingerprint density at radius 2 is 1.86 bits per heavy atom. The molecule has 0 bridgehead atoms. The van der Waals surface area contributed by atoms with Crippen molar-refractivity contribution in [2.75, 3.05) is 12.4 Å². The number of methoxy groups -OCH3 is 1. The number of aromatic nitrogens is 2. The van der Waals surface area contributed by atoms with Crippen LogP contribution in [0, 0.1) is 0 Å². The van der Waals surface area contributed by atoms with E-state index >= 15 is 0 Å². The van der Waals surface area contributed by atoms with Crippen LogP contribution in [0.4, 0.5) is 5.69 Å². The van der Waals surface area contributed by atoms with Crippen molar-refractivity contribution in [3.63, 3.8) is 0 Å². The lowest BCUT2D eigenvalue weighted by Gasteiger charge is -2.21. The van der Waals surface area contributed by atoms with Crippen LogP contribution in [0.5, 0.6) is 0 Å². The fourth-order valence-corrected chi connectivity index (χ4v) is 1.60. The van der Waals surface area contributed by atoms with Gasteiger partial charge >= 0.3 is 0 Å². The minimum absolute atomic E-state index is 0.222. The molecule has 21 heavy (non-hydrogen) atoms. The quantitative estimate of drug-likeness (QED) is 0.898. The van der Waals surface area contributed by atoms with Gasteiger partial charge in [0.05, 0.1) is 5.69 Å². The Hall–Kier alpha value is -2.47. The molecule has 1 aromatic carbocycles. The highest BCUT2D eigenvalue weighted by atomic mass is 16.5. The van der Waals surface area contributed by atoms with Crippen LogP contribution in [0.15, 0.2) is 41.2 Å². The summed E-state index contributed by atoms with van der Waals surface area (Å²) in [6.07, 6.45) is 0. The maximum Gasteiger partial charge on any atom is 0.264 e. The number of amides is 1. The van der Waals surface area contributed by atoms with Crippen LogP contribution in [0.3, 0.4) is 0 Å². The van der Waals surface area contributed by atoms with E-state index in [1.807, 2.05) is 12.1 Å². The molecule has 0 fully saturated rings. The zero-order valence-electron chi connectivity index (χ0n) is 12.1. The van der Waals surface area contributed by atoms with Gasteiger partial charge in [-0.05, 0) is 32.0 Å². The molecule has 6 nitrogen and oxygen atoms in total. The molecule has 2 N–H and O–H groups in total. The second-order valence-corrected chi connectivity index (χ2v) is 5.05. The molecule has 0 saturated heterocycles. The first-order valence-corrected chi connectivity index (χ1v) is 6.45. The van der Waals surface area contributed by atoms with Crippen LogP contribution in [0.1, 0.15) is 13.8 Å². The number of hydrogen-bond acceptors (Lipinski definition) is 4. The summed E-state index contributed by atoms with van der Waals surface area (Å²) in [6.45, 7) is 3.39. The Morgan fingerprint density at radius 1 is 1.19 bits per heavy atom. The van der Waals surface area contributed by atoms with E-state index in [4.69, 9.17) is 4.74 Å². The number of nitrogens with one attached hydrogen (secondary N) is 2. The van der Waals surface area contributed by atoms with Gasteiger partial charge in [-0.3, -0.25) is 9.59 Å². The first-order valence-electron chi connectivity index (χ1n) is 6.45. The lowest BCUT2D eigenvalue weighted by atomic mass is 10.1. The topological polar surface area (TPSA) is 84.1 Å². The van der Waals surface area contributed by atoms with Crippen molar-refractivity contribution >= 4 is 11.6 Å². The molecule has 1 aromatic heterocycles. The summed E-state index contributed by atoms with van der Waals surface area (Å²) < 4.78 is 5.12. The van der Waals surface area contributed by atoms with Gasteiger partial charge in [-0.15, -0.1) is 0 Å². The van der Waals surface area contributed by atoms with Crippen molar-refractivity contribution < 1.29 is 9.53 Å². The Bertz CT molecular complexity index is 670. The highest BCUT2D eigenvalue weighted by Gasteiger charge is 2.26. The van der Waals surface area contributed by atoms with Crippen LogP contribution in [-0.4, -0.2) is 28.8 Å². The monoisotopic (exact) mass is 287 g/mol. The zero-order chi connectivity index (χ0) is 15.5. The molecular weight excluding hydrogens is 270 g/mol. The number of benzene rings is 1. The second kappa shape index (κ2) is 5.88. The maximum absolute atomic E-state index is 12.0. The maximum atomic E-state index is 12.0. The standard InChI is InChI=1S/C15H17N3O3/c1-15(2,21-3)14(20)16-11-6-4-10(5-7-11)12-8-9-13(19)18-17-12/h4-9H,1-3H3,(H,16,20)(H,18,19). The molecule has 6 heteroatoms. The Balaban J connectivity index is 2.14. The summed E-state index contributed by atoms with van der Waals surface area (Å²) >= 11 is 0. The van der Waals surface area contributed by atoms with Crippen molar-refractivity contribution in [2.45, 2.75) is 19.4 Å². The zero-order valence-corrected chi connectivity index (χ0v) is 12.1. The Morgan fingerprint density at radius 3 is 2.38 bits per heavy atom. The summed E-state index contributed by atoms with van der Waals surface area (Å²) in [6, 6.07) is 10.2. The highest BCUT2D eigenvalue weighted by Crippen LogP contribution is 2.19. The van der Waals surface area contributed by atoms with E-state index in [9.17, 15) is 9.59 Å². The molecule has 1 amide bonds. The smallest absolute Gasteiger partial charge is 0.264 e. The van der Waals surface area contributed by atoms with E-state index < -0.39 is 5.60 Å². The molecule has 1 heterocycles. The third-order valence-electron chi connectivity index (χ3n) is 3.17. The average molecular weight is 287 g/mol. The number of aromatic amines is 1. The van der Waals surface area contributed by atoms with Crippen molar-refractivity contribution in [3.05, 3.63) is 46.8 Å². The van der Waals surface area contributed by atoms with E-state index in [-0.39, 0.29) is 11.5 Å². The van der Waals surface area contributed by atoms with Gasteiger partial charge in [-0.2, -0.15) is 5.10 Å². The third kappa shape index (κ3) is 3.55. The number of nitrogens with zero attached hydrogens (tertiary/aromatic N) is 1. The molecule has 0 aliphatic carbocycles. The van der Waals surface area contributed by atoms with Gasteiger partial charge in [0.1, 0.15) is 5.60 Å². The number of H-pyrrole nitrogens is 1. The van der Waals surface area contributed by atoms with Crippen molar-refractivity contribution in [3.8, 4) is 11.3 Å². The molecule has 0 spiro atoms. The van der Waals surface area contributed by atoms with Gasteiger partial charge in [-0.1, -0.05) is 12.1 Å². The predicted octanol–water partition coefficient (Wildman–Crippen LogP) is 1.80. The Labute approximate surface area is 122 Å². The molecule has 0 unspecified atom stereocenters. The fraction of sp³-hybridized carbons (Fsp3) is 0.267. The molecule has 110 valence electrons. The van der Waals surface area contributed by atoms with Gasteiger partial charge in [0, 0.05) is 24.4 Å². The number of carbonyl (C=O) groups is 1. The SMILES string of the molecule is COC(C)(C)C(=O)Nc1ccc(-c2ccc(=O)[nH]n2)cc1. The highest BCUT2D eigenvalue weighted by molar-refractivity contribution is 5.96. The number of carbonyl (C=O) groups excluding carboxylic acids is 1. The summed E-state index contributed by atoms with van der Waals surface area (Å²) in [5.41, 5.74) is 1.03. The number of rotatable bonds is 4. The van der Waals surface area contributed by atoms with Crippen LogP contribution >= 0.6 is 0 Å². The molecule has 0 aliphatic rings. The van der Waals surface area contributed by atoms with Gasteiger partial charge in [0.2, 0.25) is 0 Å². The minimum Gasteiger partial charge on any atom is -0.369 e. The second-order valence-electron chi connectivity index (χ2n) is 5.05. The summed E-state index contributed by atoms with van der Waals surface area (Å²) in [5, 5.41) is 9.11. The largest absolute Gasteiger partial charge is 0.369 e. The minimum atomic E-state index is -0.890. The van der Waals surface area contributed by atoms with Crippen LogP contribution in [0.2, 0.25) is 0 Å². The van der Waals surface area contributed by atoms with E-state index in [1.54, 1.807) is 32.0 Å². The van der Waals surface area contributed by atoms with Crippen molar-refractivity contribution in [1.29, 1.82) is 0 Å². The number of ether oxygens (including phenoxy) is 1. The van der Waals surface area contributed by atoms with Crippen LogP contribution in [-0.2, 0) is 9.53 Å². The molecule has 0 saturated carbocycles. The van der Waals surface area contributed by atoms with E-state index in [1.165, 1.54) is 13.2 Å².